The predicted octanol–water partition coefficient (Wildman–Crippen LogP) is 2.45. The number of rotatable bonds is 11. The molecule has 13 heteroatoms. The van der Waals surface area contributed by atoms with Crippen LogP contribution in [0.4, 0.5) is 10.3 Å². The summed E-state index contributed by atoms with van der Waals surface area (Å²) < 4.78 is 37.7. The van der Waals surface area contributed by atoms with Crippen molar-refractivity contribution in [2.75, 3.05) is 10.7 Å². The molecule has 0 fully saturated rings. The van der Waals surface area contributed by atoms with Crippen molar-refractivity contribution in [1.29, 1.82) is 0 Å². The minimum Gasteiger partial charge on any atom is -0.481 e. The second-order valence-corrected chi connectivity index (χ2v) is 9.65. The summed E-state index contributed by atoms with van der Waals surface area (Å²) in [7, 11) is -4.14. The van der Waals surface area contributed by atoms with E-state index in [4.69, 9.17) is 5.11 Å². The number of aliphatic hydroxyl groups is 2. The molecular weight excluding hydrogens is 471 g/mol. The highest BCUT2D eigenvalue weighted by Gasteiger charge is 2.26. The zero-order chi connectivity index (χ0) is 25.6. The van der Waals surface area contributed by atoms with Crippen molar-refractivity contribution in [2.24, 2.45) is 5.29 Å². The van der Waals surface area contributed by atoms with Crippen molar-refractivity contribution in [1.82, 2.24) is 9.97 Å². The fourth-order valence-electron chi connectivity index (χ4n) is 3.09. The largest absolute Gasteiger partial charge is 0.481 e. The monoisotopic (exact) mass is 496 g/mol. The number of aromatic nitrogens is 2. The molecule has 0 spiro atoms. The Balaban J connectivity index is 2.66. The second-order valence-electron chi connectivity index (χ2n) is 7.83. The van der Waals surface area contributed by atoms with Gasteiger partial charge in [0.1, 0.15) is 5.82 Å². The maximum Gasteiger partial charge on any atom is 0.305 e. The van der Waals surface area contributed by atoms with Crippen LogP contribution < -0.4 is 4.41 Å². The molecule has 2 aromatic rings. The summed E-state index contributed by atoms with van der Waals surface area (Å²) in [5, 5.41) is 31.3. The van der Waals surface area contributed by atoms with E-state index in [1.807, 2.05) is 0 Å². The lowest BCUT2D eigenvalue weighted by molar-refractivity contribution is -0.139. The van der Waals surface area contributed by atoms with Gasteiger partial charge in [-0.2, -0.15) is 0 Å². The van der Waals surface area contributed by atoms with Crippen molar-refractivity contribution < 1.29 is 32.9 Å². The molecule has 184 valence electrons. The van der Waals surface area contributed by atoms with Crippen LogP contribution in [0.3, 0.4) is 0 Å². The Bertz CT molecular complexity index is 1170. The van der Waals surface area contributed by atoms with Gasteiger partial charge in [-0.05, 0) is 30.2 Å². The van der Waals surface area contributed by atoms with Gasteiger partial charge in [0, 0.05) is 17.5 Å². The van der Waals surface area contributed by atoms with E-state index in [2.05, 4.69) is 15.3 Å². The first kappa shape index (κ1) is 27.0. The summed E-state index contributed by atoms with van der Waals surface area (Å²) in [6.07, 6.45) is 0.210. The Morgan fingerprint density at radius 1 is 1.21 bits per heavy atom. The average molecular weight is 497 g/mol. The van der Waals surface area contributed by atoms with Gasteiger partial charge in [-0.25, -0.2) is 22.8 Å². The summed E-state index contributed by atoms with van der Waals surface area (Å²) in [4.78, 5) is 30.4. The highest BCUT2D eigenvalue weighted by atomic mass is 32.2. The van der Waals surface area contributed by atoms with E-state index >= 15 is 0 Å². The van der Waals surface area contributed by atoms with Crippen LogP contribution in [0.15, 0.2) is 35.6 Å². The lowest BCUT2D eigenvalue weighted by Crippen LogP contribution is -2.26. The van der Waals surface area contributed by atoms with E-state index in [0.717, 1.165) is 6.26 Å². The Labute approximate surface area is 195 Å². The van der Waals surface area contributed by atoms with E-state index in [9.17, 15) is 32.7 Å². The standard InChI is InChI=1S/C21H25FN4O7S/c1-12(2)19-17(9-8-15(27)10-16(28)11-18(29)30)20(13-4-6-14(22)7-5-13)24-21(23-19)26(25-31)34(3,32)33/h4-9,12,15-16,27-28H,10-11H2,1-3H3,(H,29,30)/b9-8+/t15-,16-/m1/s1. The Morgan fingerprint density at radius 2 is 1.82 bits per heavy atom. The Kier molecular flexibility index (Phi) is 8.90. The van der Waals surface area contributed by atoms with E-state index in [0.29, 0.717) is 16.8 Å². The summed E-state index contributed by atoms with van der Waals surface area (Å²) in [6, 6.07) is 5.14. The highest BCUT2D eigenvalue weighted by Crippen LogP contribution is 2.32. The summed E-state index contributed by atoms with van der Waals surface area (Å²) in [5.41, 5.74) is 1.15. The number of aliphatic hydroxyl groups excluding tert-OH is 2. The third-order valence-electron chi connectivity index (χ3n) is 4.60. The third-order valence-corrected chi connectivity index (χ3v) is 5.45. The van der Waals surface area contributed by atoms with Crippen LogP contribution in [0.2, 0.25) is 0 Å². The molecule has 0 aliphatic rings. The lowest BCUT2D eigenvalue weighted by Gasteiger charge is -2.18. The molecule has 11 nitrogen and oxygen atoms in total. The maximum atomic E-state index is 13.5. The molecule has 3 N–H and O–H groups in total. The van der Waals surface area contributed by atoms with Crippen molar-refractivity contribution >= 4 is 28.0 Å². The first-order chi connectivity index (χ1) is 15.8. The molecule has 0 aliphatic carbocycles. The van der Waals surface area contributed by atoms with Gasteiger partial charge in [-0.15, -0.1) is 4.91 Å². The number of carboxylic acids is 1. The van der Waals surface area contributed by atoms with Gasteiger partial charge in [0.05, 0.1) is 41.6 Å². The number of hydrogen-bond donors (Lipinski definition) is 3. The van der Waals surface area contributed by atoms with Crippen molar-refractivity contribution in [2.45, 2.75) is 44.8 Å². The molecule has 0 saturated carbocycles. The average Bonchev–Trinajstić information content (AvgIpc) is 2.71. The number of carbonyl (C=O) groups is 1. The van der Waals surface area contributed by atoms with Crippen LogP contribution in [-0.4, -0.2) is 58.1 Å². The summed E-state index contributed by atoms with van der Waals surface area (Å²) in [5.74, 6) is -2.56. The van der Waals surface area contributed by atoms with Crippen LogP contribution in [0, 0.1) is 10.7 Å². The first-order valence-corrected chi connectivity index (χ1v) is 12.0. The van der Waals surface area contributed by atoms with Crippen molar-refractivity contribution in [3.8, 4) is 11.3 Å². The van der Waals surface area contributed by atoms with Crippen molar-refractivity contribution in [3.05, 3.63) is 52.3 Å². The van der Waals surface area contributed by atoms with Crippen molar-refractivity contribution in [3.63, 3.8) is 0 Å². The van der Waals surface area contributed by atoms with Gasteiger partial charge in [-0.1, -0.05) is 30.4 Å². The van der Waals surface area contributed by atoms with Crippen LogP contribution in [0.1, 0.15) is 43.9 Å². The van der Waals surface area contributed by atoms with Gasteiger partial charge < -0.3 is 15.3 Å². The number of carboxylic acid groups (broad SMARTS) is 1. The minimum atomic E-state index is -4.14. The molecule has 1 aromatic heterocycles. The molecule has 0 aliphatic heterocycles. The zero-order valence-corrected chi connectivity index (χ0v) is 19.5. The molecule has 0 saturated heterocycles. The van der Waals surface area contributed by atoms with Crippen LogP contribution in [-0.2, 0) is 14.8 Å². The molecule has 0 unspecified atom stereocenters. The van der Waals surface area contributed by atoms with Gasteiger partial charge >= 0.3 is 5.97 Å². The topological polar surface area (TPSA) is 170 Å². The van der Waals surface area contributed by atoms with Gasteiger partial charge in [0.2, 0.25) is 0 Å². The second kappa shape index (κ2) is 11.2. The van der Waals surface area contributed by atoms with E-state index in [1.165, 1.54) is 36.4 Å². The van der Waals surface area contributed by atoms with Crippen LogP contribution >= 0.6 is 0 Å². The number of hydrogen-bond acceptors (Lipinski definition) is 9. The van der Waals surface area contributed by atoms with E-state index < -0.39 is 46.4 Å². The van der Waals surface area contributed by atoms with Gasteiger partial charge in [-0.3, -0.25) is 4.79 Å². The molecular formula is C21H25FN4O7S. The number of halogens is 1. The number of aliphatic carboxylic acids is 1. The van der Waals surface area contributed by atoms with Crippen LogP contribution in [0.5, 0.6) is 0 Å². The molecule has 1 heterocycles. The number of anilines is 1. The Morgan fingerprint density at radius 3 is 2.32 bits per heavy atom. The predicted molar refractivity (Wildman–Crippen MR) is 123 cm³/mol. The molecule has 0 radical (unpaired) electrons. The van der Waals surface area contributed by atoms with E-state index in [-0.39, 0.29) is 22.4 Å². The number of benzene rings is 1. The first-order valence-electron chi connectivity index (χ1n) is 10.1. The number of sulfonamides is 1. The fourth-order valence-corrected chi connectivity index (χ4v) is 3.59. The summed E-state index contributed by atoms with van der Waals surface area (Å²) >= 11 is 0. The van der Waals surface area contributed by atoms with E-state index in [1.54, 1.807) is 13.8 Å². The third kappa shape index (κ3) is 7.10. The fraction of sp³-hybridized carbons (Fsp3) is 0.381. The lowest BCUT2D eigenvalue weighted by atomic mass is 9.97. The Hall–Kier alpha value is -3.29. The van der Waals surface area contributed by atoms with Gasteiger partial charge in [0.25, 0.3) is 16.0 Å². The quantitative estimate of drug-likeness (QED) is 0.312. The normalized spacial score (nSPS) is 13.7. The zero-order valence-electron chi connectivity index (χ0n) is 18.7. The molecule has 2 rings (SSSR count). The molecule has 34 heavy (non-hydrogen) atoms. The molecule has 0 amide bonds. The SMILES string of the molecule is CC(C)c1nc(N(N=O)S(C)(=O)=O)nc(-c2ccc(F)cc2)c1/C=C/[C@@H](O)C[C@@H](O)CC(=O)O. The van der Waals surface area contributed by atoms with Crippen LogP contribution in [0.25, 0.3) is 17.3 Å². The number of nitroso groups, excluding NO2 is 1. The summed E-state index contributed by atoms with van der Waals surface area (Å²) in [6.45, 7) is 3.51. The number of nitrogens with zero attached hydrogens (tertiary/aromatic N) is 4. The minimum absolute atomic E-state index is 0.135. The molecule has 0 bridgehead atoms. The maximum absolute atomic E-state index is 13.5. The molecule has 1 aromatic carbocycles. The molecule has 2 atom stereocenters. The highest BCUT2D eigenvalue weighted by molar-refractivity contribution is 7.92. The van der Waals surface area contributed by atoms with Gasteiger partial charge in [0.15, 0.2) is 0 Å². The smallest absolute Gasteiger partial charge is 0.305 e.